The van der Waals surface area contributed by atoms with Crippen molar-refractivity contribution in [2.45, 2.75) is 32.2 Å². The molecule has 0 aromatic rings. The topological polar surface area (TPSA) is 66.4 Å². The van der Waals surface area contributed by atoms with Crippen molar-refractivity contribution in [2.24, 2.45) is 5.41 Å². The number of amides is 1. The van der Waals surface area contributed by atoms with Gasteiger partial charge in [-0.3, -0.25) is 9.59 Å². The van der Waals surface area contributed by atoms with Crippen LogP contribution in [0.1, 0.15) is 26.2 Å². The van der Waals surface area contributed by atoms with Crippen molar-refractivity contribution in [3.05, 3.63) is 0 Å². The zero-order valence-corrected chi connectivity index (χ0v) is 8.04. The van der Waals surface area contributed by atoms with Crippen LogP contribution in [0.3, 0.4) is 0 Å². The Kier molecular flexibility index (Phi) is 2.80. The lowest BCUT2D eigenvalue weighted by Gasteiger charge is -2.26. The highest BCUT2D eigenvalue weighted by molar-refractivity contribution is 5.93. The van der Waals surface area contributed by atoms with Gasteiger partial charge in [-0.25, -0.2) is 0 Å². The number of aliphatic carboxylic acids is 1. The van der Waals surface area contributed by atoms with E-state index in [-0.39, 0.29) is 6.04 Å². The highest BCUT2D eigenvalue weighted by Gasteiger charge is 2.45. The van der Waals surface area contributed by atoms with E-state index in [0.29, 0.717) is 12.8 Å². The van der Waals surface area contributed by atoms with Gasteiger partial charge in [0.15, 0.2) is 0 Å². The highest BCUT2D eigenvalue weighted by atomic mass is 16.4. The minimum Gasteiger partial charge on any atom is -0.481 e. The Bertz CT molecular complexity index is 305. The number of terminal acetylenes is 1. The van der Waals surface area contributed by atoms with E-state index in [1.54, 1.807) is 6.92 Å². The second-order valence-corrected chi connectivity index (χ2v) is 3.79. The minimum atomic E-state index is -0.877. The van der Waals surface area contributed by atoms with E-state index in [1.807, 2.05) is 5.92 Å². The summed E-state index contributed by atoms with van der Waals surface area (Å²) in [5.41, 5.74) is -0.869. The predicted octanol–water partition coefficient (Wildman–Crippen LogP) is 0.379. The summed E-state index contributed by atoms with van der Waals surface area (Å²) in [5, 5.41) is 11.6. The van der Waals surface area contributed by atoms with Crippen molar-refractivity contribution in [3.63, 3.8) is 0 Å². The summed E-state index contributed by atoms with van der Waals surface area (Å²) >= 11 is 0. The first kappa shape index (κ1) is 10.6. The van der Waals surface area contributed by atoms with Crippen molar-refractivity contribution in [3.8, 4) is 12.3 Å². The van der Waals surface area contributed by atoms with Gasteiger partial charge in [0.25, 0.3) is 5.91 Å². The normalized spacial score (nSPS) is 30.7. The molecule has 4 heteroatoms. The number of carbonyl (C=O) groups excluding carboxylic acids is 1. The Labute approximate surface area is 82.7 Å². The molecule has 0 heterocycles. The van der Waals surface area contributed by atoms with E-state index >= 15 is 0 Å². The van der Waals surface area contributed by atoms with E-state index in [1.165, 1.54) is 0 Å². The number of rotatable bonds is 2. The molecule has 0 aromatic heterocycles. The Hall–Kier alpha value is -1.50. The molecule has 1 aliphatic carbocycles. The first-order chi connectivity index (χ1) is 6.50. The fraction of sp³-hybridized carbons (Fsp3) is 0.600. The summed E-state index contributed by atoms with van der Waals surface area (Å²) in [6.45, 7) is 1.64. The van der Waals surface area contributed by atoms with Gasteiger partial charge in [-0.05, 0) is 25.7 Å². The van der Waals surface area contributed by atoms with Gasteiger partial charge in [-0.1, -0.05) is 6.42 Å². The first-order valence-corrected chi connectivity index (χ1v) is 4.51. The lowest BCUT2D eigenvalue weighted by Crippen LogP contribution is -2.46. The molecule has 76 valence electrons. The molecular formula is C10H13NO3. The lowest BCUT2D eigenvalue weighted by atomic mass is 9.85. The van der Waals surface area contributed by atoms with Crippen LogP contribution in [-0.4, -0.2) is 23.0 Å². The van der Waals surface area contributed by atoms with Gasteiger partial charge in [0.2, 0.25) is 0 Å². The van der Waals surface area contributed by atoms with Crippen molar-refractivity contribution < 1.29 is 14.7 Å². The predicted molar refractivity (Wildman–Crippen MR) is 50.4 cm³/mol. The van der Waals surface area contributed by atoms with Crippen LogP contribution in [-0.2, 0) is 9.59 Å². The van der Waals surface area contributed by atoms with Gasteiger partial charge in [-0.15, -0.1) is 6.42 Å². The quantitative estimate of drug-likeness (QED) is 0.626. The Morgan fingerprint density at radius 1 is 1.64 bits per heavy atom. The van der Waals surface area contributed by atoms with Gasteiger partial charge in [0.05, 0.1) is 5.41 Å². The summed E-state index contributed by atoms with van der Waals surface area (Å²) < 4.78 is 0. The molecule has 0 spiro atoms. The second-order valence-electron chi connectivity index (χ2n) is 3.79. The maximum Gasteiger partial charge on any atom is 0.311 e. The average molecular weight is 195 g/mol. The fourth-order valence-electron chi connectivity index (χ4n) is 1.85. The van der Waals surface area contributed by atoms with Crippen LogP contribution in [0.4, 0.5) is 0 Å². The zero-order chi connectivity index (χ0) is 10.8. The third-order valence-electron chi connectivity index (χ3n) is 2.88. The van der Waals surface area contributed by atoms with Crippen molar-refractivity contribution in [2.75, 3.05) is 0 Å². The molecule has 14 heavy (non-hydrogen) atoms. The first-order valence-electron chi connectivity index (χ1n) is 4.51. The second kappa shape index (κ2) is 3.70. The third kappa shape index (κ3) is 1.72. The van der Waals surface area contributed by atoms with Gasteiger partial charge in [0, 0.05) is 6.04 Å². The van der Waals surface area contributed by atoms with Crippen molar-refractivity contribution >= 4 is 11.9 Å². The maximum absolute atomic E-state index is 11.0. The standard InChI is InChI=1S/C10H13NO3/c1-3-8(12)11-7-5-4-6-10(7,2)9(13)14/h1,7H,4-6H2,2H3,(H,11,12)(H,13,14). The summed E-state index contributed by atoms with van der Waals surface area (Å²) in [5.74, 6) is 0.510. The molecule has 1 aliphatic rings. The van der Waals surface area contributed by atoms with Gasteiger partial charge < -0.3 is 10.4 Å². The highest BCUT2D eigenvalue weighted by Crippen LogP contribution is 2.38. The molecule has 0 saturated heterocycles. The van der Waals surface area contributed by atoms with Gasteiger partial charge >= 0.3 is 5.97 Å². The van der Waals surface area contributed by atoms with Crippen LogP contribution in [0.25, 0.3) is 0 Å². The number of hydrogen-bond donors (Lipinski definition) is 2. The van der Waals surface area contributed by atoms with Gasteiger partial charge in [-0.2, -0.15) is 0 Å². The van der Waals surface area contributed by atoms with E-state index < -0.39 is 17.3 Å². The fourth-order valence-corrected chi connectivity index (χ4v) is 1.85. The van der Waals surface area contributed by atoms with Crippen LogP contribution in [0.5, 0.6) is 0 Å². The summed E-state index contributed by atoms with van der Waals surface area (Å²) in [4.78, 5) is 21.9. The summed E-state index contributed by atoms with van der Waals surface area (Å²) in [6.07, 6.45) is 6.97. The Morgan fingerprint density at radius 3 is 2.79 bits per heavy atom. The summed E-state index contributed by atoms with van der Waals surface area (Å²) in [7, 11) is 0. The summed E-state index contributed by atoms with van der Waals surface area (Å²) in [6, 6.07) is -0.344. The molecule has 0 aliphatic heterocycles. The number of hydrogen-bond acceptors (Lipinski definition) is 2. The maximum atomic E-state index is 11.0. The monoisotopic (exact) mass is 195 g/mol. The van der Waals surface area contributed by atoms with E-state index in [9.17, 15) is 9.59 Å². The molecule has 1 rings (SSSR count). The van der Waals surface area contributed by atoms with Crippen LogP contribution < -0.4 is 5.32 Å². The number of carbonyl (C=O) groups is 2. The number of nitrogens with one attached hydrogen (secondary N) is 1. The zero-order valence-electron chi connectivity index (χ0n) is 8.04. The number of carboxylic acid groups (broad SMARTS) is 1. The molecule has 1 fully saturated rings. The average Bonchev–Trinajstić information content (AvgIpc) is 2.49. The van der Waals surface area contributed by atoms with E-state index in [4.69, 9.17) is 11.5 Å². The minimum absolute atomic E-state index is 0.344. The molecule has 2 unspecified atom stereocenters. The van der Waals surface area contributed by atoms with E-state index in [2.05, 4.69) is 5.32 Å². The molecule has 2 atom stereocenters. The molecule has 0 bridgehead atoms. The van der Waals surface area contributed by atoms with Crippen LogP contribution in [0, 0.1) is 17.8 Å². The van der Waals surface area contributed by atoms with Crippen LogP contribution in [0.2, 0.25) is 0 Å². The van der Waals surface area contributed by atoms with Crippen molar-refractivity contribution in [1.82, 2.24) is 5.32 Å². The van der Waals surface area contributed by atoms with Crippen LogP contribution >= 0.6 is 0 Å². The van der Waals surface area contributed by atoms with Crippen molar-refractivity contribution in [1.29, 1.82) is 0 Å². The van der Waals surface area contributed by atoms with Crippen LogP contribution in [0.15, 0.2) is 0 Å². The molecule has 0 aromatic carbocycles. The molecular weight excluding hydrogens is 182 g/mol. The molecule has 2 N–H and O–H groups in total. The Morgan fingerprint density at radius 2 is 2.29 bits per heavy atom. The molecule has 4 nitrogen and oxygen atoms in total. The van der Waals surface area contributed by atoms with Gasteiger partial charge in [0.1, 0.15) is 0 Å². The SMILES string of the molecule is C#CC(=O)NC1CCCC1(C)C(=O)O. The molecule has 1 saturated carbocycles. The number of carboxylic acids is 1. The molecule has 0 radical (unpaired) electrons. The largest absolute Gasteiger partial charge is 0.481 e. The smallest absolute Gasteiger partial charge is 0.311 e. The van der Waals surface area contributed by atoms with E-state index in [0.717, 1.165) is 6.42 Å². The lowest BCUT2D eigenvalue weighted by molar-refractivity contribution is -0.148. The third-order valence-corrected chi connectivity index (χ3v) is 2.88. The Balaban J connectivity index is 2.74. The molecule has 1 amide bonds.